The molecule has 14 heteroatoms. The van der Waals surface area contributed by atoms with Crippen LogP contribution in [-0.4, -0.2) is 115 Å². The summed E-state index contributed by atoms with van der Waals surface area (Å²) in [6, 6.07) is 11.6. The molecule has 1 atom stereocenters. The second-order valence-electron chi connectivity index (χ2n) is 13.0. The Kier molecular flexibility index (Phi) is 12.1. The number of nitrogens with zero attached hydrogens (tertiary/aromatic N) is 4. The lowest BCUT2D eigenvalue weighted by Gasteiger charge is -2.41. The lowest BCUT2D eigenvalue weighted by molar-refractivity contribution is -0.143. The van der Waals surface area contributed by atoms with Gasteiger partial charge in [-0.1, -0.05) is 47.6 Å². The van der Waals surface area contributed by atoms with Crippen LogP contribution >= 0.6 is 15.9 Å². The van der Waals surface area contributed by atoms with Crippen molar-refractivity contribution >= 4 is 39.6 Å². The minimum atomic E-state index is -4.53. The largest absolute Gasteiger partial charge is 0.436 e. The summed E-state index contributed by atoms with van der Waals surface area (Å²) in [6.07, 6.45) is -2.46. The lowest BCUT2D eigenvalue weighted by atomic mass is 10.0. The van der Waals surface area contributed by atoms with Crippen LogP contribution in [-0.2, 0) is 28.5 Å². The number of para-hydroxylation sites is 1. The number of amides is 4. The first kappa shape index (κ1) is 36.9. The number of carbonyl (C=O) groups is 3. The predicted molar refractivity (Wildman–Crippen MR) is 184 cm³/mol. The van der Waals surface area contributed by atoms with Crippen molar-refractivity contribution in [3.8, 4) is 0 Å². The van der Waals surface area contributed by atoms with Crippen molar-refractivity contribution in [3.05, 3.63) is 63.6 Å². The van der Waals surface area contributed by atoms with Crippen molar-refractivity contribution in [3.63, 3.8) is 0 Å². The molecule has 10 nitrogen and oxygen atoms in total. The van der Waals surface area contributed by atoms with E-state index in [-0.39, 0.29) is 36.3 Å². The van der Waals surface area contributed by atoms with Crippen LogP contribution in [0.1, 0.15) is 49.8 Å². The number of urea groups is 1. The molecule has 0 unspecified atom stereocenters. The molecular weight excluding hydrogens is 705 g/mol. The number of fused-ring (bicyclic) bond motifs is 1. The zero-order chi connectivity index (χ0) is 33.8. The first-order valence-electron chi connectivity index (χ1n) is 16.8. The van der Waals surface area contributed by atoms with Crippen molar-refractivity contribution in [1.82, 2.24) is 24.9 Å². The molecule has 3 fully saturated rings. The summed E-state index contributed by atoms with van der Waals surface area (Å²) in [5.41, 5.74) is 1.53. The monoisotopic (exact) mass is 750 g/mol. The summed E-state index contributed by atoms with van der Waals surface area (Å²) in [5, 5.41) is 6.38. The van der Waals surface area contributed by atoms with Gasteiger partial charge in [0.15, 0.2) is 6.10 Å². The van der Waals surface area contributed by atoms with E-state index in [4.69, 9.17) is 4.74 Å². The maximum Gasteiger partial charge on any atom is 0.417 e. The first-order chi connectivity index (χ1) is 23.1. The fourth-order valence-corrected chi connectivity index (χ4v) is 7.94. The second-order valence-corrected chi connectivity index (χ2v) is 13.8. The zero-order valence-corrected chi connectivity index (χ0v) is 28.4. The smallest absolute Gasteiger partial charge is 0.417 e. The number of ether oxygens (including phenoxy) is 1. The van der Waals surface area contributed by atoms with E-state index < -0.39 is 23.9 Å². The summed E-state index contributed by atoms with van der Waals surface area (Å²) in [4.78, 5) is 48.0. The number of piperidine rings is 2. The Balaban J connectivity index is 0.00000468. The fourth-order valence-electron chi connectivity index (χ4n) is 7.29. The number of halogens is 4. The van der Waals surface area contributed by atoms with E-state index in [1.54, 1.807) is 9.80 Å². The average Bonchev–Trinajstić information content (AvgIpc) is 3.25. The van der Waals surface area contributed by atoms with Crippen LogP contribution in [0, 0.1) is 0 Å². The summed E-state index contributed by atoms with van der Waals surface area (Å²) < 4.78 is 46.0. The van der Waals surface area contributed by atoms with Crippen LogP contribution in [0.5, 0.6) is 0 Å². The molecule has 268 valence electrons. The molecule has 2 aromatic rings. The van der Waals surface area contributed by atoms with Gasteiger partial charge in [0.25, 0.3) is 5.91 Å². The molecule has 0 spiro atoms. The third-order valence-electron chi connectivity index (χ3n) is 10.0. The van der Waals surface area contributed by atoms with Gasteiger partial charge < -0.3 is 30.1 Å². The molecule has 0 saturated carbocycles. The quantitative estimate of drug-likeness (QED) is 0.399. The predicted octanol–water partition coefficient (Wildman–Crippen LogP) is 5.60. The Hall–Kier alpha value is -3.36. The van der Waals surface area contributed by atoms with Crippen LogP contribution < -0.4 is 10.6 Å². The zero-order valence-electron chi connectivity index (χ0n) is 26.8. The minimum Gasteiger partial charge on any atom is -0.436 e. The van der Waals surface area contributed by atoms with E-state index in [1.807, 2.05) is 29.2 Å². The van der Waals surface area contributed by atoms with Gasteiger partial charge in [0, 0.05) is 74.5 Å². The lowest BCUT2D eigenvalue weighted by Crippen LogP contribution is -2.56. The van der Waals surface area contributed by atoms with Gasteiger partial charge in [-0.2, -0.15) is 13.2 Å². The van der Waals surface area contributed by atoms with Crippen LogP contribution in [0.3, 0.4) is 0 Å². The van der Waals surface area contributed by atoms with Crippen molar-refractivity contribution in [2.75, 3.05) is 64.2 Å². The third kappa shape index (κ3) is 8.87. The van der Waals surface area contributed by atoms with E-state index in [1.165, 1.54) is 12.1 Å². The highest BCUT2D eigenvalue weighted by Crippen LogP contribution is 2.35. The van der Waals surface area contributed by atoms with Gasteiger partial charge in [-0.15, -0.1) is 0 Å². The normalized spacial score (nSPS) is 20.5. The van der Waals surface area contributed by atoms with Crippen molar-refractivity contribution < 1.29 is 32.3 Å². The van der Waals surface area contributed by atoms with Gasteiger partial charge in [-0.05, 0) is 74.5 Å². The summed E-state index contributed by atoms with van der Waals surface area (Å²) in [5.74, 6) is -0.347. The Labute approximate surface area is 294 Å². The molecule has 6 rings (SSSR count). The third-order valence-corrected chi connectivity index (χ3v) is 10.7. The SMILES string of the molecule is C.O=C(O[C@H](Cc1ccc(C(F)(F)F)c(Br)c1)C(=O)N1CCN(C2CCNCC2)CC1)N1CCC(N2CCc3ccccc3NC2=O)CC1. The summed E-state index contributed by atoms with van der Waals surface area (Å²) in [6.45, 7) is 5.62. The molecule has 2 aromatic carbocycles. The highest BCUT2D eigenvalue weighted by atomic mass is 79.9. The molecule has 49 heavy (non-hydrogen) atoms. The van der Waals surface area contributed by atoms with Gasteiger partial charge in [0.05, 0.1) is 5.56 Å². The molecule has 0 aliphatic carbocycles. The average molecular weight is 752 g/mol. The number of hydrogen-bond donors (Lipinski definition) is 2. The van der Waals surface area contributed by atoms with Crippen molar-refractivity contribution in [1.29, 1.82) is 0 Å². The fraction of sp³-hybridized carbons (Fsp3) is 0.571. The maximum atomic E-state index is 13.9. The highest BCUT2D eigenvalue weighted by molar-refractivity contribution is 9.10. The Bertz CT molecular complexity index is 1470. The molecule has 4 aliphatic rings. The Morgan fingerprint density at radius 1 is 0.898 bits per heavy atom. The number of carbonyl (C=O) groups excluding carboxylic acids is 3. The summed E-state index contributed by atoms with van der Waals surface area (Å²) in [7, 11) is 0. The molecule has 2 N–H and O–H groups in total. The maximum absolute atomic E-state index is 13.9. The number of alkyl halides is 3. The van der Waals surface area contributed by atoms with Gasteiger partial charge >= 0.3 is 18.3 Å². The van der Waals surface area contributed by atoms with Crippen LogP contribution in [0.2, 0.25) is 0 Å². The molecule has 0 bridgehead atoms. The highest BCUT2D eigenvalue weighted by Gasteiger charge is 2.37. The van der Waals surface area contributed by atoms with E-state index in [0.717, 1.165) is 49.7 Å². The Morgan fingerprint density at radius 2 is 1.59 bits per heavy atom. The molecule has 0 radical (unpaired) electrons. The van der Waals surface area contributed by atoms with E-state index in [9.17, 15) is 27.6 Å². The molecule has 0 aromatic heterocycles. The van der Waals surface area contributed by atoms with Gasteiger partial charge in [-0.25, -0.2) is 9.59 Å². The molecule has 4 aliphatic heterocycles. The number of benzene rings is 2. The number of likely N-dealkylation sites (tertiary alicyclic amines) is 1. The first-order valence-corrected chi connectivity index (χ1v) is 17.6. The van der Waals surface area contributed by atoms with Gasteiger partial charge in [0.2, 0.25) is 0 Å². The van der Waals surface area contributed by atoms with E-state index in [0.29, 0.717) is 70.3 Å². The number of piperazine rings is 1. The standard InChI is InChI=1S/C34H42BrF3N6O4.CH4/c35-28-21-23(5-6-27(28)34(36,37)38)22-30(31(45)42-19-17-41(18-20-42)25-7-12-39-13-8-25)48-33(47)43-14-10-26(11-15-43)44-16-9-24-3-1-2-4-29(24)40-32(44)46;/h1-6,21,25-26,30,39H,7-20,22H2,(H,40,46);1H4/t30-;/m1./s1. The number of hydrogen-bond acceptors (Lipinski definition) is 6. The van der Waals surface area contributed by atoms with Crippen molar-refractivity contribution in [2.24, 2.45) is 0 Å². The molecule has 3 saturated heterocycles. The summed E-state index contributed by atoms with van der Waals surface area (Å²) >= 11 is 3.03. The molecular formula is C35H46BrF3N6O4. The van der Waals surface area contributed by atoms with Crippen LogP contribution in [0.4, 0.5) is 28.4 Å². The number of anilines is 1. The molecule has 4 heterocycles. The number of nitrogens with one attached hydrogen (secondary N) is 2. The topological polar surface area (TPSA) is 97.5 Å². The van der Waals surface area contributed by atoms with E-state index in [2.05, 4.69) is 31.5 Å². The van der Waals surface area contributed by atoms with Crippen molar-refractivity contribution in [2.45, 2.75) is 70.3 Å². The molecule has 4 amide bonds. The van der Waals surface area contributed by atoms with Crippen LogP contribution in [0.15, 0.2) is 46.9 Å². The second kappa shape index (κ2) is 16.1. The number of rotatable bonds is 6. The Morgan fingerprint density at radius 3 is 2.27 bits per heavy atom. The van der Waals surface area contributed by atoms with E-state index >= 15 is 0 Å². The minimum absolute atomic E-state index is 0. The van der Waals surface area contributed by atoms with Gasteiger partial charge in [0.1, 0.15) is 0 Å². The van der Waals surface area contributed by atoms with Crippen LogP contribution in [0.25, 0.3) is 0 Å². The van der Waals surface area contributed by atoms with Gasteiger partial charge in [-0.3, -0.25) is 9.69 Å².